The maximum atomic E-state index is 11.3. The molecule has 4 rings (SSSR count). The molecular formula is C17H22N4O2S. The number of carbonyl (C=O) groups is 1. The molecule has 7 heteroatoms. The molecule has 2 fully saturated rings. The lowest BCUT2D eigenvalue weighted by Crippen LogP contribution is -2.48. The number of fused-ring (bicyclic) bond motifs is 2. The van der Waals surface area contributed by atoms with Crippen molar-refractivity contribution >= 4 is 33.3 Å². The molecule has 24 heavy (non-hydrogen) atoms. The van der Waals surface area contributed by atoms with Gasteiger partial charge in [0.15, 0.2) is 0 Å². The van der Waals surface area contributed by atoms with Gasteiger partial charge in [-0.3, -0.25) is 4.79 Å². The van der Waals surface area contributed by atoms with Crippen LogP contribution in [0.25, 0.3) is 10.2 Å². The Balaban J connectivity index is 1.58. The van der Waals surface area contributed by atoms with Crippen LogP contribution in [-0.2, 0) is 4.79 Å². The standard InChI is InChI=1S/C17H22N4O2S/c1-9-18-13-3-4-24-16(13)17(19-9)21-7-11-5-14(20-10(2)22)15(23)6-12(11)8-21/h3-4,11-12,14-15,23H,5-8H2,1-2H3,(H,20,22)/t11-,12+,14-,15-/m1/s1. The van der Waals surface area contributed by atoms with Crippen LogP contribution in [0.3, 0.4) is 0 Å². The van der Waals surface area contributed by atoms with E-state index in [-0.39, 0.29) is 11.9 Å². The maximum Gasteiger partial charge on any atom is 0.217 e. The Hall–Kier alpha value is -1.73. The smallest absolute Gasteiger partial charge is 0.217 e. The molecule has 1 saturated carbocycles. The number of aliphatic hydroxyl groups excluding tert-OH is 1. The first-order valence-electron chi connectivity index (χ1n) is 8.43. The number of aromatic nitrogens is 2. The van der Waals surface area contributed by atoms with Crippen LogP contribution in [0.15, 0.2) is 11.4 Å². The van der Waals surface area contributed by atoms with Crippen LogP contribution in [0.5, 0.6) is 0 Å². The number of aliphatic hydroxyl groups is 1. The molecule has 6 nitrogen and oxygen atoms in total. The molecule has 4 atom stereocenters. The van der Waals surface area contributed by atoms with Crippen molar-refractivity contribution in [3.05, 3.63) is 17.3 Å². The number of anilines is 1. The normalized spacial score (nSPS) is 29.7. The Bertz CT molecular complexity index is 777. The molecule has 128 valence electrons. The molecule has 0 unspecified atom stereocenters. The molecule has 1 aliphatic heterocycles. The van der Waals surface area contributed by atoms with Gasteiger partial charge in [0.05, 0.1) is 22.4 Å². The third-order valence-electron chi connectivity index (χ3n) is 5.23. The number of aryl methyl sites for hydroxylation is 1. The zero-order chi connectivity index (χ0) is 16.8. The van der Waals surface area contributed by atoms with Crippen molar-refractivity contribution in [1.29, 1.82) is 0 Å². The van der Waals surface area contributed by atoms with Gasteiger partial charge in [0, 0.05) is 20.0 Å². The summed E-state index contributed by atoms with van der Waals surface area (Å²) in [5, 5.41) is 15.3. The number of thiophene rings is 1. The number of nitrogens with zero attached hydrogens (tertiary/aromatic N) is 3. The highest BCUT2D eigenvalue weighted by molar-refractivity contribution is 7.17. The van der Waals surface area contributed by atoms with E-state index >= 15 is 0 Å². The van der Waals surface area contributed by atoms with Gasteiger partial charge in [0.25, 0.3) is 0 Å². The van der Waals surface area contributed by atoms with E-state index in [1.807, 2.05) is 13.0 Å². The first kappa shape index (κ1) is 15.8. The van der Waals surface area contributed by atoms with Gasteiger partial charge < -0.3 is 15.3 Å². The van der Waals surface area contributed by atoms with E-state index in [2.05, 4.69) is 20.6 Å². The molecule has 0 aromatic carbocycles. The van der Waals surface area contributed by atoms with Gasteiger partial charge in [0.1, 0.15) is 11.6 Å². The maximum absolute atomic E-state index is 11.3. The van der Waals surface area contributed by atoms with Gasteiger partial charge >= 0.3 is 0 Å². The summed E-state index contributed by atoms with van der Waals surface area (Å²) in [5.74, 6) is 2.68. The molecule has 1 saturated heterocycles. The van der Waals surface area contributed by atoms with Crippen LogP contribution in [0.2, 0.25) is 0 Å². The summed E-state index contributed by atoms with van der Waals surface area (Å²) >= 11 is 1.68. The lowest BCUT2D eigenvalue weighted by atomic mass is 9.77. The van der Waals surface area contributed by atoms with Crippen molar-refractivity contribution in [3.8, 4) is 0 Å². The van der Waals surface area contributed by atoms with E-state index < -0.39 is 6.10 Å². The number of nitrogens with one attached hydrogen (secondary N) is 1. The summed E-state index contributed by atoms with van der Waals surface area (Å²) in [7, 11) is 0. The highest BCUT2D eigenvalue weighted by atomic mass is 32.1. The third-order valence-corrected chi connectivity index (χ3v) is 6.13. The van der Waals surface area contributed by atoms with Crippen LogP contribution in [-0.4, -0.2) is 46.2 Å². The fourth-order valence-electron chi connectivity index (χ4n) is 4.20. The van der Waals surface area contributed by atoms with E-state index in [1.54, 1.807) is 11.3 Å². The van der Waals surface area contributed by atoms with Crippen molar-refractivity contribution in [2.75, 3.05) is 18.0 Å². The first-order valence-corrected chi connectivity index (χ1v) is 9.31. The highest BCUT2D eigenvalue weighted by Gasteiger charge is 2.42. The number of rotatable bonds is 2. The minimum Gasteiger partial charge on any atom is -0.391 e. The van der Waals surface area contributed by atoms with E-state index in [9.17, 15) is 9.90 Å². The second kappa shape index (κ2) is 5.97. The molecule has 2 N–H and O–H groups in total. The summed E-state index contributed by atoms with van der Waals surface area (Å²) in [5.41, 5.74) is 1.01. The second-order valence-electron chi connectivity index (χ2n) is 7.00. The summed E-state index contributed by atoms with van der Waals surface area (Å²) < 4.78 is 1.14. The average molecular weight is 346 g/mol. The van der Waals surface area contributed by atoms with Crippen molar-refractivity contribution in [2.24, 2.45) is 11.8 Å². The summed E-state index contributed by atoms with van der Waals surface area (Å²) in [6, 6.07) is 1.91. The lowest BCUT2D eigenvalue weighted by Gasteiger charge is -2.35. The molecule has 3 heterocycles. The topological polar surface area (TPSA) is 78.4 Å². The number of carbonyl (C=O) groups excluding carboxylic acids is 1. The number of hydrogen-bond acceptors (Lipinski definition) is 6. The van der Waals surface area contributed by atoms with Crippen molar-refractivity contribution < 1.29 is 9.90 Å². The van der Waals surface area contributed by atoms with Gasteiger partial charge in [0.2, 0.25) is 5.91 Å². The van der Waals surface area contributed by atoms with E-state index in [0.717, 1.165) is 47.8 Å². The summed E-state index contributed by atoms with van der Waals surface area (Å²) in [6.07, 6.45) is 1.12. The van der Waals surface area contributed by atoms with Crippen LogP contribution in [0.4, 0.5) is 5.82 Å². The average Bonchev–Trinajstić information content (AvgIpc) is 3.12. The Labute approximate surface area is 144 Å². The molecule has 1 amide bonds. The van der Waals surface area contributed by atoms with Crippen LogP contribution in [0, 0.1) is 18.8 Å². The molecule has 1 aliphatic carbocycles. The van der Waals surface area contributed by atoms with Crippen molar-refractivity contribution in [3.63, 3.8) is 0 Å². The Morgan fingerprint density at radius 3 is 2.83 bits per heavy atom. The molecule has 2 aliphatic rings. The van der Waals surface area contributed by atoms with Gasteiger partial charge in [-0.1, -0.05) is 0 Å². The van der Waals surface area contributed by atoms with Gasteiger partial charge in [-0.25, -0.2) is 9.97 Å². The predicted molar refractivity (Wildman–Crippen MR) is 94.2 cm³/mol. The zero-order valence-electron chi connectivity index (χ0n) is 13.9. The summed E-state index contributed by atoms with van der Waals surface area (Å²) in [4.78, 5) is 22.9. The van der Waals surface area contributed by atoms with Crippen LogP contribution >= 0.6 is 11.3 Å². The van der Waals surface area contributed by atoms with Gasteiger partial charge in [-0.2, -0.15) is 0 Å². The Morgan fingerprint density at radius 2 is 2.08 bits per heavy atom. The highest BCUT2D eigenvalue weighted by Crippen LogP contribution is 2.40. The minimum atomic E-state index is -0.455. The summed E-state index contributed by atoms with van der Waals surface area (Å²) in [6.45, 7) is 5.28. The Kier molecular flexibility index (Phi) is 3.92. The molecule has 2 aromatic rings. The van der Waals surface area contributed by atoms with E-state index in [4.69, 9.17) is 4.98 Å². The fraction of sp³-hybridized carbons (Fsp3) is 0.588. The van der Waals surface area contributed by atoms with E-state index in [1.165, 1.54) is 6.92 Å². The monoisotopic (exact) mass is 346 g/mol. The molecular weight excluding hydrogens is 324 g/mol. The molecule has 2 aromatic heterocycles. The van der Waals surface area contributed by atoms with Gasteiger partial charge in [-0.05, 0) is 43.0 Å². The Morgan fingerprint density at radius 1 is 1.33 bits per heavy atom. The second-order valence-corrected chi connectivity index (χ2v) is 7.92. The van der Waals surface area contributed by atoms with Crippen LogP contribution in [0.1, 0.15) is 25.6 Å². The van der Waals surface area contributed by atoms with Crippen molar-refractivity contribution in [1.82, 2.24) is 15.3 Å². The fourth-order valence-corrected chi connectivity index (χ4v) is 5.04. The lowest BCUT2D eigenvalue weighted by molar-refractivity contribution is -0.121. The third kappa shape index (κ3) is 2.75. The number of hydrogen-bond donors (Lipinski definition) is 2. The minimum absolute atomic E-state index is 0.0703. The SMILES string of the molecule is CC(=O)N[C@@H]1C[C@@H]2CN(c3nc(C)nc4ccsc34)C[C@@H]2C[C@H]1O. The largest absolute Gasteiger partial charge is 0.391 e. The van der Waals surface area contributed by atoms with Crippen LogP contribution < -0.4 is 10.2 Å². The molecule has 0 spiro atoms. The van der Waals surface area contributed by atoms with Crippen molar-refractivity contribution in [2.45, 2.75) is 38.8 Å². The molecule has 0 bridgehead atoms. The quantitative estimate of drug-likeness (QED) is 0.865. The zero-order valence-corrected chi connectivity index (χ0v) is 14.7. The number of amides is 1. The first-order chi connectivity index (χ1) is 11.5. The molecule has 0 radical (unpaired) electrons. The predicted octanol–water partition coefficient (Wildman–Crippen LogP) is 1.71. The van der Waals surface area contributed by atoms with E-state index in [0.29, 0.717) is 11.8 Å². The van der Waals surface area contributed by atoms with Gasteiger partial charge in [-0.15, -0.1) is 11.3 Å².